The lowest BCUT2D eigenvalue weighted by atomic mass is 10.2. The molecule has 160 valence electrons. The second-order valence-electron chi connectivity index (χ2n) is 6.97. The Balaban J connectivity index is 1.40. The Morgan fingerprint density at radius 1 is 1.00 bits per heavy atom. The fourth-order valence-electron chi connectivity index (χ4n) is 3.58. The zero-order valence-corrected chi connectivity index (χ0v) is 17.2. The molecule has 2 aromatic rings. The van der Waals surface area contributed by atoms with Crippen LogP contribution in [-0.2, 0) is 4.74 Å². The van der Waals surface area contributed by atoms with Gasteiger partial charge in [0.05, 0.1) is 18.8 Å². The van der Waals surface area contributed by atoms with Crippen molar-refractivity contribution in [2.24, 2.45) is 0 Å². The minimum atomic E-state index is -2.56. The average molecular weight is 436 g/mol. The first kappa shape index (κ1) is 20.8. The van der Waals surface area contributed by atoms with Crippen molar-refractivity contribution in [3.8, 4) is 0 Å². The second kappa shape index (κ2) is 9.57. The van der Waals surface area contributed by atoms with Gasteiger partial charge < -0.3 is 19.4 Å². The minimum absolute atomic E-state index is 0.213. The Morgan fingerprint density at radius 3 is 2.47 bits per heavy atom. The van der Waals surface area contributed by atoms with Gasteiger partial charge in [0.2, 0.25) is 5.95 Å². The van der Waals surface area contributed by atoms with Gasteiger partial charge in [-0.3, -0.25) is 4.79 Å². The normalized spacial score (nSPS) is 17.5. The van der Waals surface area contributed by atoms with E-state index in [0.717, 1.165) is 18.9 Å². The SMILES string of the molecule is O=C(c1ccccc1SC(F)F)N1CCN(c2ccnc(N3CCOCC3)n2)CC1. The molecule has 0 atom stereocenters. The number of anilines is 2. The van der Waals surface area contributed by atoms with Crippen molar-refractivity contribution in [3.63, 3.8) is 0 Å². The van der Waals surface area contributed by atoms with Crippen LogP contribution < -0.4 is 9.80 Å². The van der Waals surface area contributed by atoms with Crippen molar-refractivity contribution in [2.45, 2.75) is 10.7 Å². The number of ether oxygens (including phenoxy) is 1. The number of carbonyl (C=O) groups is 1. The summed E-state index contributed by atoms with van der Waals surface area (Å²) in [5, 5.41) is 0. The highest BCUT2D eigenvalue weighted by Gasteiger charge is 2.26. The summed E-state index contributed by atoms with van der Waals surface area (Å²) < 4.78 is 31.0. The van der Waals surface area contributed by atoms with Crippen LogP contribution in [0, 0.1) is 0 Å². The Morgan fingerprint density at radius 2 is 1.73 bits per heavy atom. The van der Waals surface area contributed by atoms with E-state index in [4.69, 9.17) is 9.72 Å². The first-order chi connectivity index (χ1) is 14.6. The Bertz CT molecular complexity index is 874. The van der Waals surface area contributed by atoms with E-state index >= 15 is 0 Å². The molecule has 1 aromatic heterocycles. The third kappa shape index (κ3) is 4.81. The molecule has 2 fully saturated rings. The van der Waals surface area contributed by atoms with Gasteiger partial charge in [0, 0.05) is 50.4 Å². The van der Waals surface area contributed by atoms with Crippen molar-refractivity contribution in [3.05, 3.63) is 42.1 Å². The summed E-state index contributed by atoms with van der Waals surface area (Å²) in [6.45, 7) is 5.11. The number of hydrogen-bond donors (Lipinski definition) is 0. The first-order valence-corrected chi connectivity index (χ1v) is 10.7. The number of carbonyl (C=O) groups excluding carboxylic acids is 1. The molecule has 2 saturated heterocycles. The van der Waals surface area contributed by atoms with Crippen LogP contribution in [0.3, 0.4) is 0 Å². The standard InChI is InChI=1S/C20H23F2N5O2S/c21-19(22)30-16-4-2-1-3-15(16)18(28)26-9-7-25(8-10-26)17-5-6-23-20(24-17)27-11-13-29-14-12-27/h1-6,19H,7-14H2. The third-order valence-electron chi connectivity index (χ3n) is 5.15. The largest absolute Gasteiger partial charge is 0.378 e. The molecule has 10 heteroatoms. The number of thioether (sulfide) groups is 1. The lowest BCUT2D eigenvalue weighted by Crippen LogP contribution is -2.49. The minimum Gasteiger partial charge on any atom is -0.378 e. The molecule has 0 spiro atoms. The highest BCUT2D eigenvalue weighted by molar-refractivity contribution is 7.99. The molecular formula is C20H23F2N5O2S. The van der Waals surface area contributed by atoms with Crippen LogP contribution in [0.5, 0.6) is 0 Å². The molecule has 1 amide bonds. The van der Waals surface area contributed by atoms with Crippen molar-refractivity contribution in [1.29, 1.82) is 0 Å². The maximum Gasteiger partial charge on any atom is 0.288 e. The van der Waals surface area contributed by atoms with Crippen molar-refractivity contribution in [1.82, 2.24) is 14.9 Å². The number of amides is 1. The lowest BCUT2D eigenvalue weighted by Gasteiger charge is -2.36. The molecule has 0 radical (unpaired) electrons. The van der Waals surface area contributed by atoms with Gasteiger partial charge in [-0.15, -0.1) is 0 Å². The number of halogens is 2. The molecule has 2 aliphatic heterocycles. The fourth-order valence-corrected chi connectivity index (χ4v) is 4.21. The molecule has 0 unspecified atom stereocenters. The van der Waals surface area contributed by atoms with Gasteiger partial charge in [-0.1, -0.05) is 23.9 Å². The van der Waals surface area contributed by atoms with Crippen molar-refractivity contribution >= 4 is 29.4 Å². The van der Waals surface area contributed by atoms with Crippen LogP contribution in [0.25, 0.3) is 0 Å². The Labute approximate surface area is 178 Å². The molecule has 0 N–H and O–H groups in total. The van der Waals surface area contributed by atoms with E-state index in [1.54, 1.807) is 35.4 Å². The van der Waals surface area contributed by atoms with Gasteiger partial charge in [0.1, 0.15) is 5.82 Å². The first-order valence-electron chi connectivity index (χ1n) is 9.85. The number of benzene rings is 1. The van der Waals surface area contributed by atoms with Gasteiger partial charge in [-0.2, -0.15) is 13.8 Å². The highest BCUT2D eigenvalue weighted by atomic mass is 32.2. The summed E-state index contributed by atoms with van der Waals surface area (Å²) in [5.41, 5.74) is 0.327. The summed E-state index contributed by atoms with van der Waals surface area (Å²) in [6, 6.07) is 8.41. The van der Waals surface area contributed by atoms with Crippen LogP contribution >= 0.6 is 11.8 Å². The van der Waals surface area contributed by atoms with Gasteiger partial charge >= 0.3 is 0 Å². The summed E-state index contributed by atoms with van der Waals surface area (Å²) in [6.07, 6.45) is 1.75. The maximum atomic E-state index is 12.9. The molecule has 0 bridgehead atoms. The maximum absolute atomic E-state index is 12.9. The summed E-state index contributed by atoms with van der Waals surface area (Å²) >= 11 is 0.408. The van der Waals surface area contributed by atoms with Crippen molar-refractivity contribution < 1.29 is 18.3 Å². The van der Waals surface area contributed by atoms with Gasteiger partial charge in [-0.05, 0) is 18.2 Å². The zero-order valence-electron chi connectivity index (χ0n) is 16.4. The van der Waals surface area contributed by atoms with Crippen LogP contribution in [0.4, 0.5) is 20.5 Å². The Hall–Kier alpha value is -2.46. The molecule has 7 nitrogen and oxygen atoms in total. The molecule has 0 saturated carbocycles. The number of hydrogen-bond acceptors (Lipinski definition) is 7. The van der Waals surface area contributed by atoms with E-state index < -0.39 is 5.76 Å². The van der Waals surface area contributed by atoms with Crippen molar-refractivity contribution in [2.75, 3.05) is 62.3 Å². The number of morpholine rings is 1. The number of alkyl halides is 2. The molecule has 30 heavy (non-hydrogen) atoms. The van der Waals surface area contributed by atoms with E-state index in [-0.39, 0.29) is 5.91 Å². The predicted octanol–water partition coefficient (Wildman–Crippen LogP) is 2.59. The van der Waals surface area contributed by atoms with Crippen LogP contribution in [0.15, 0.2) is 41.4 Å². The lowest BCUT2D eigenvalue weighted by molar-refractivity contribution is 0.0743. The topological polar surface area (TPSA) is 61.8 Å². The summed E-state index contributed by atoms with van der Waals surface area (Å²) in [4.78, 5) is 28.2. The number of rotatable bonds is 5. The van der Waals surface area contributed by atoms with Crippen LogP contribution in [0.1, 0.15) is 10.4 Å². The van der Waals surface area contributed by atoms with E-state index in [9.17, 15) is 13.6 Å². The van der Waals surface area contributed by atoms with Crippen LogP contribution in [-0.4, -0.2) is 79.0 Å². The van der Waals surface area contributed by atoms with E-state index in [2.05, 4.69) is 14.8 Å². The monoisotopic (exact) mass is 435 g/mol. The van der Waals surface area contributed by atoms with Gasteiger partial charge in [-0.25, -0.2) is 4.98 Å². The van der Waals surface area contributed by atoms with E-state index in [1.165, 1.54) is 0 Å². The Kier molecular flexibility index (Phi) is 6.63. The molecule has 1 aromatic carbocycles. The molecular weight excluding hydrogens is 412 g/mol. The van der Waals surface area contributed by atoms with E-state index in [0.29, 0.717) is 67.6 Å². The quantitative estimate of drug-likeness (QED) is 0.669. The number of aromatic nitrogens is 2. The molecule has 3 heterocycles. The number of nitrogens with zero attached hydrogens (tertiary/aromatic N) is 5. The van der Waals surface area contributed by atoms with Gasteiger partial charge in [0.25, 0.3) is 11.7 Å². The zero-order chi connectivity index (χ0) is 20.9. The highest BCUT2D eigenvalue weighted by Crippen LogP contribution is 2.29. The fraction of sp³-hybridized carbons (Fsp3) is 0.450. The second-order valence-corrected chi connectivity index (χ2v) is 8.00. The smallest absolute Gasteiger partial charge is 0.288 e. The van der Waals surface area contributed by atoms with E-state index in [1.807, 2.05) is 6.07 Å². The van der Waals surface area contributed by atoms with Crippen LogP contribution in [0.2, 0.25) is 0 Å². The summed E-state index contributed by atoms with van der Waals surface area (Å²) in [7, 11) is 0. The molecule has 4 rings (SSSR count). The average Bonchev–Trinajstić information content (AvgIpc) is 2.79. The predicted molar refractivity (Wildman–Crippen MR) is 111 cm³/mol. The van der Waals surface area contributed by atoms with Gasteiger partial charge in [0.15, 0.2) is 0 Å². The molecule has 0 aliphatic carbocycles. The molecule has 2 aliphatic rings. The third-order valence-corrected chi connectivity index (χ3v) is 5.93. The number of piperazine rings is 1. The summed E-state index contributed by atoms with van der Waals surface area (Å²) in [5.74, 6) is -1.26.